The number of rotatable bonds is 0. The van der Waals surface area contributed by atoms with Crippen LogP contribution in [0.3, 0.4) is 0 Å². The summed E-state index contributed by atoms with van der Waals surface area (Å²) in [6, 6.07) is 24.3. The van der Waals surface area contributed by atoms with Gasteiger partial charge in [-0.2, -0.15) is 0 Å². The molecule has 0 unspecified atom stereocenters. The second-order valence-corrected chi connectivity index (χ2v) is 21.4. The first-order valence-electron chi connectivity index (χ1n) is 24.5. The first kappa shape index (κ1) is 74.7. The van der Waals surface area contributed by atoms with Crippen LogP contribution in [0.25, 0.3) is 0 Å². The summed E-state index contributed by atoms with van der Waals surface area (Å²) in [6.45, 7) is 25.9. The molecule has 0 aromatic heterocycles. The van der Waals surface area contributed by atoms with Gasteiger partial charge in [-0.3, -0.25) is 0 Å². The molecule has 8 aromatic carbocycles. The van der Waals surface area contributed by atoms with Gasteiger partial charge in [-0.15, -0.1) is 0 Å². The molecule has 8 aromatic rings. The molecule has 18 heteroatoms. The lowest BCUT2D eigenvalue weighted by Crippen LogP contribution is -2.02. The van der Waals surface area contributed by atoms with Gasteiger partial charge in [0, 0.05) is 58.0 Å². The summed E-state index contributed by atoms with van der Waals surface area (Å²) in [5.41, 5.74) is 7.69. The van der Waals surface area contributed by atoms with Crippen molar-refractivity contribution in [3.8, 4) is 0 Å². The molecule has 0 bridgehead atoms. The monoisotopic (exact) mass is 1270 g/mol. The molecule has 0 amide bonds. The second-order valence-electron chi connectivity index (χ2n) is 18.9. The summed E-state index contributed by atoms with van der Waals surface area (Å²) in [5.74, 6) is -11.8. The normalized spacial score (nSPS) is 10.1. The van der Waals surface area contributed by atoms with Crippen LogP contribution in [0.4, 0.5) is 52.7 Å². The van der Waals surface area contributed by atoms with E-state index in [-0.39, 0.29) is 27.8 Å². The van der Waals surface area contributed by atoms with Crippen LogP contribution in [0.1, 0.15) is 89.0 Å². The van der Waals surface area contributed by atoms with Crippen LogP contribution >= 0.6 is 69.6 Å². The summed E-state index contributed by atoms with van der Waals surface area (Å²) in [7, 11) is 0. The minimum atomic E-state index is -1.33. The molecule has 0 aliphatic rings. The third-order valence-corrected chi connectivity index (χ3v) is 14.2. The molecule has 0 nitrogen and oxygen atoms in total. The number of hydrogen-bond donors (Lipinski definition) is 0. The number of benzene rings is 8. The van der Waals surface area contributed by atoms with Gasteiger partial charge in [0.1, 0.15) is 23.3 Å². The first-order chi connectivity index (χ1) is 37.8. The topological polar surface area (TPSA) is 0 Å². The molecule has 0 spiro atoms. The van der Waals surface area contributed by atoms with Gasteiger partial charge in [0.2, 0.25) is 0 Å². The van der Waals surface area contributed by atoms with Crippen LogP contribution < -0.4 is 0 Å². The van der Waals surface area contributed by atoms with Crippen molar-refractivity contribution < 1.29 is 52.7 Å². The molecule has 0 fully saturated rings. The number of hydrogen-bond acceptors (Lipinski definition) is 0. The average molecular weight is 1270 g/mol. The third kappa shape index (κ3) is 23.0. The Balaban J connectivity index is 0.000000469. The fourth-order valence-corrected chi connectivity index (χ4v) is 7.65. The van der Waals surface area contributed by atoms with Crippen LogP contribution in [-0.2, 0) is 0 Å². The number of halogens is 18. The first-order valence-corrected chi connectivity index (χ1v) is 26.8. The van der Waals surface area contributed by atoms with Crippen LogP contribution in [-0.4, -0.2) is 0 Å². The SMILES string of the molecule is Cc1c(F)c(F)c(C)c(F)c1F.Cc1cc(Cl)c(C)c(Cl)c1.Cc1cc(Cl)c(C)cc1Cl.Cc1cc(F)c(C)c(F)c1.Cc1cc(F)c(C)c(F)c1F.Cc1cc(F)c(C)c(F)c1F.Cc1ccc(C)c(Cl)c1.Cc1ccc(C)c(Cl)c1. The zero-order valence-electron chi connectivity index (χ0n) is 47.9. The summed E-state index contributed by atoms with van der Waals surface area (Å²) in [4.78, 5) is 0. The zero-order chi connectivity index (χ0) is 63.5. The minimum absolute atomic E-state index is 0.00870. The third-order valence-electron chi connectivity index (χ3n) is 11.8. The second kappa shape index (κ2) is 34.4. The van der Waals surface area contributed by atoms with Gasteiger partial charge in [0.15, 0.2) is 46.5 Å². The summed E-state index contributed by atoms with van der Waals surface area (Å²) in [5, 5.41) is 4.75. The van der Waals surface area contributed by atoms with E-state index in [1.165, 1.54) is 57.9 Å². The van der Waals surface area contributed by atoms with Gasteiger partial charge in [0.05, 0.1) is 0 Å². The molecule has 0 aliphatic heterocycles. The summed E-state index contributed by atoms with van der Waals surface area (Å²) < 4.78 is 152. The van der Waals surface area contributed by atoms with Crippen molar-refractivity contribution in [1.82, 2.24) is 0 Å². The summed E-state index contributed by atoms with van der Waals surface area (Å²) in [6.07, 6.45) is 0. The van der Waals surface area contributed by atoms with Crippen molar-refractivity contribution in [3.63, 3.8) is 0 Å². The highest BCUT2D eigenvalue weighted by Crippen LogP contribution is 2.27. The Kier molecular flexibility index (Phi) is 31.4. The average Bonchev–Trinajstić information content (AvgIpc) is 3.41. The van der Waals surface area contributed by atoms with Crippen molar-refractivity contribution in [2.24, 2.45) is 0 Å². The van der Waals surface area contributed by atoms with Gasteiger partial charge >= 0.3 is 0 Å². The van der Waals surface area contributed by atoms with Gasteiger partial charge in [-0.25, -0.2) is 52.7 Å². The van der Waals surface area contributed by atoms with E-state index >= 15 is 0 Å². The molecule has 0 aliphatic carbocycles. The molecule has 444 valence electrons. The fraction of sp³-hybridized carbons (Fsp3) is 0.250. The van der Waals surface area contributed by atoms with E-state index in [0.717, 1.165) is 89.5 Å². The molecular weight excluding hydrogens is 1210 g/mol. The quantitative estimate of drug-likeness (QED) is 0.105. The van der Waals surface area contributed by atoms with Crippen molar-refractivity contribution in [1.29, 1.82) is 0 Å². The van der Waals surface area contributed by atoms with Crippen LogP contribution in [0.15, 0.2) is 84.9 Å². The van der Waals surface area contributed by atoms with Gasteiger partial charge in [-0.05, 0) is 233 Å². The van der Waals surface area contributed by atoms with E-state index in [9.17, 15) is 52.7 Å². The Labute approximate surface area is 504 Å². The molecule has 0 saturated carbocycles. The van der Waals surface area contributed by atoms with E-state index in [1.54, 1.807) is 6.92 Å². The molecule has 82 heavy (non-hydrogen) atoms. The molecule has 0 radical (unpaired) electrons. The van der Waals surface area contributed by atoms with E-state index in [1.807, 2.05) is 104 Å². The molecule has 0 atom stereocenters. The van der Waals surface area contributed by atoms with Crippen molar-refractivity contribution in [2.75, 3.05) is 0 Å². The Bertz CT molecular complexity index is 3070. The maximum absolute atomic E-state index is 12.7. The Hall–Kier alpha value is -5.34. The largest absolute Gasteiger partial charge is 0.207 e. The highest BCUT2D eigenvalue weighted by molar-refractivity contribution is 6.36. The maximum atomic E-state index is 12.7. The molecule has 0 heterocycles. The minimum Gasteiger partial charge on any atom is -0.207 e. The van der Waals surface area contributed by atoms with Gasteiger partial charge in [-0.1, -0.05) is 93.9 Å². The van der Waals surface area contributed by atoms with Crippen LogP contribution in [0.5, 0.6) is 0 Å². The molecular formula is C64H62Cl6F12. The van der Waals surface area contributed by atoms with Gasteiger partial charge in [0.25, 0.3) is 0 Å². The van der Waals surface area contributed by atoms with Crippen molar-refractivity contribution >= 4 is 69.6 Å². The van der Waals surface area contributed by atoms with E-state index in [0.29, 0.717) is 5.56 Å². The highest BCUT2D eigenvalue weighted by atomic mass is 35.5. The lowest BCUT2D eigenvalue weighted by atomic mass is 10.1. The van der Waals surface area contributed by atoms with Crippen molar-refractivity contribution in [2.45, 2.75) is 111 Å². The van der Waals surface area contributed by atoms with Crippen molar-refractivity contribution in [3.05, 3.63) is 274 Å². The van der Waals surface area contributed by atoms with Crippen LogP contribution in [0.2, 0.25) is 30.1 Å². The lowest BCUT2D eigenvalue weighted by molar-refractivity contribution is 0.436. The predicted molar refractivity (Wildman–Crippen MR) is 317 cm³/mol. The van der Waals surface area contributed by atoms with Gasteiger partial charge < -0.3 is 0 Å². The van der Waals surface area contributed by atoms with E-state index in [4.69, 9.17) is 69.6 Å². The van der Waals surface area contributed by atoms with Crippen LogP contribution in [0, 0.1) is 181 Å². The molecule has 0 saturated heterocycles. The Morgan fingerprint density at radius 3 is 0.720 bits per heavy atom. The number of aryl methyl sites for hydroxylation is 10. The standard InChI is InChI=1S/2C8H8Cl2.2C8H9Cl.C8H6F4.2C8H7F3.C8H8F2/c1-5-3-8(10)6(2)4-7(5)9;1-5-3-7(9)6(2)8(10)4-5;2*1-6-3-4-7(2)8(9)5-6;1-3-5(9)7(11)4(2)8(12)6(3)10;2*1-4-3-6(9)5(2)8(11)7(4)10;1-5-3-7(9)6(2)8(10)4-5/h2*3-4H,1-2H3;2*3-5H,1-2H3;1-2H3;2*3H,1-2H3;3-4H,1-2H3. The fourth-order valence-electron chi connectivity index (χ4n) is 6.15. The smallest absolute Gasteiger partial charge is 0.165 e. The molecule has 0 N–H and O–H groups in total. The molecule has 8 rings (SSSR count). The zero-order valence-corrected chi connectivity index (χ0v) is 52.4. The van der Waals surface area contributed by atoms with E-state index < -0.39 is 80.9 Å². The predicted octanol–water partition coefficient (Wildman–Crippen LogP) is 24.0. The maximum Gasteiger partial charge on any atom is 0.165 e. The highest BCUT2D eigenvalue weighted by Gasteiger charge is 2.20. The van der Waals surface area contributed by atoms with E-state index in [2.05, 4.69) is 12.1 Å². The Morgan fingerprint density at radius 1 is 0.195 bits per heavy atom. The summed E-state index contributed by atoms with van der Waals surface area (Å²) >= 11 is 35.0. The lowest BCUT2D eigenvalue weighted by Gasteiger charge is -2.04. The Morgan fingerprint density at radius 2 is 0.439 bits per heavy atom.